The third kappa shape index (κ3) is 15.8. The van der Waals surface area contributed by atoms with Crippen molar-refractivity contribution in [2.45, 2.75) is 147 Å². The molecule has 2 saturated heterocycles. The third-order valence-electron chi connectivity index (χ3n) is 16.8. The molecule has 0 radical (unpaired) electrons. The van der Waals surface area contributed by atoms with Crippen molar-refractivity contribution in [3.05, 3.63) is 157 Å². The van der Waals surface area contributed by atoms with Gasteiger partial charge in [0.1, 0.15) is 11.5 Å². The number of benzene rings is 6. The molecular weight excluding hydrogens is 1230 g/mol. The summed E-state index contributed by atoms with van der Waals surface area (Å²) in [6.45, 7) is 6.10. The van der Waals surface area contributed by atoms with Crippen LogP contribution in [0, 0.1) is 0 Å². The molecule has 26 heteroatoms. The van der Waals surface area contributed by atoms with Crippen LogP contribution in [-0.4, -0.2) is 113 Å². The van der Waals surface area contributed by atoms with Crippen LogP contribution in [0.4, 0.5) is 43.9 Å². The van der Waals surface area contributed by atoms with Crippen molar-refractivity contribution < 1.29 is 79.8 Å². The first-order chi connectivity index (χ1) is 42.3. The molecule has 2 amide bonds. The number of sulfonamides is 2. The Kier molecular flexibility index (Phi) is 20.2. The minimum Gasteiger partial charge on any atom is -0.490 e. The van der Waals surface area contributed by atoms with Gasteiger partial charge in [0.25, 0.3) is 11.8 Å². The molecule has 4 fully saturated rings. The van der Waals surface area contributed by atoms with Crippen LogP contribution in [0.5, 0.6) is 11.5 Å². The van der Waals surface area contributed by atoms with E-state index in [1.165, 1.54) is 36.4 Å². The maximum absolute atomic E-state index is 16.1. The van der Waals surface area contributed by atoms with Crippen LogP contribution in [0.15, 0.2) is 144 Å². The molecule has 0 aromatic heterocycles. The Balaban J connectivity index is 0.000000213. The number of carbonyl (C=O) groups is 2. The van der Waals surface area contributed by atoms with Crippen molar-refractivity contribution in [2.24, 2.45) is 11.5 Å². The highest BCUT2D eigenvalue weighted by molar-refractivity contribution is 7.89. The largest absolute Gasteiger partial charge is 0.490 e. The number of hydrogen-bond donors (Lipinski definition) is 4. The number of rotatable bonds is 18. The summed E-state index contributed by atoms with van der Waals surface area (Å²) < 4.78 is 213. The van der Waals surface area contributed by atoms with E-state index in [9.17, 15) is 52.8 Å². The summed E-state index contributed by atoms with van der Waals surface area (Å²) in [5.41, 5.74) is 6.76. The van der Waals surface area contributed by atoms with E-state index in [2.05, 4.69) is 13.2 Å². The summed E-state index contributed by atoms with van der Waals surface area (Å²) >= 11 is 0. The second-order valence-electron chi connectivity index (χ2n) is 23.2. The predicted molar refractivity (Wildman–Crippen MR) is 320 cm³/mol. The number of amides is 2. The highest BCUT2D eigenvalue weighted by atomic mass is 32.2. The number of carbonyl (C=O) groups excluding carboxylic acids is 2. The van der Waals surface area contributed by atoms with Gasteiger partial charge in [-0.3, -0.25) is 9.59 Å². The van der Waals surface area contributed by atoms with Crippen molar-refractivity contribution in [1.82, 2.24) is 19.2 Å². The van der Waals surface area contributed by atoms with Gasteiger partial charge in [0.15, 0.2) is 12.1 Å². The summed E-state index contributed by atoms with van der Waals surface area (Å²) in [4.78, 5) is 28.6. The molecule has 90 heavy (non-hydrogen) atoms. The maximum atomic E-state index is 16.1. The molecule has 2 aliphatic heterocycles. The fourth-order valence-corrected chi connectivity index (χ4v) is 13.8. The zero-order chi connectivity index (χ0) is 65.1. The van der Waals surface area contributed by atoms with E-state index >= 15 is 17.6 Å². The van der Waals surface area contributed by atoms with E-state index in [-0.39, 0.29) is 60.3 Å². The molecule has 0 unspecified atom stereocenters. The Labute approximate surface area is 514 Å². The fourth-order valence-electron chi connectivity index (χ4n) is 11.3. The van der Waals surface area contributed by atoms with Crippen LogP contribution in [0.2, 0.25) is 0 Å². The molecule has 14 nitrogen and oxygen atoms in total. The molecule has 2 saturated carbocycles. The van der Waals surface area contributed by atoms with Gasteiger partial charge in [0.05, 0.1) is 33.1 Å². The van der Waals surface area contributed by atoms with Gasteiger partial charge in [-0.1, -0.05) is 86.0 Å². The lowest BCUT2D eigenvalue weighted by molar-refractivity contribution is -0.146. The Hall–Kier alpha value is -7.10. The van der Waals surface area contributed by atoms with Crippen molar-refractivity contribution in [2.75, 3.05) is 26.2 Å². The number of piperidine rings is 2. The van der Waals surface area contributed by atoms with Crippen LogP contribution in [0.25, 0.3) is 32.7 Å². The number of halogens is 10. The normalized spacial score (nSPS) is 17.9. The molecule has 484 valence electrons. The molecule has 2 atom stereocenters. The summed E-state index contributed by atoms with van der Waals surface area (Å²) in [6.07, 6.45) is 0.258. The van der Waals surface area contributed by atoms with Crippen LogP contribution in [-0.2, 0) is 41.5 Å². The van der Waals surface area contributed by atoms with Crippen LogP contribution in [0.3, 0.4) is 0 Å². The number of nitrogens with one attached hydrogen (secondary N) is 2. The van der Waals surface area contributed by atoms with Gasteiger partial charge in [0, 0.05) is 49.4 Å². The van der Waals surface area contributed by atoms with E-state index in [0.717, 1.165) is 110 Å². The first-order valence-corrected chi connectivity index (χ1v) is 32.3. The van der Waals surface area contributed by atoms with Gasteiger partial charge in [-0.05, 0) is 158 Å². The monoisotopic (exact) mass is 1300 g/mol. The Morgan fingerprint density at radius 3 is 1.07 bits per heavy atom. The van der Waals surface area contributed by atoms with Crippen molar-refractivity contribution in [3.63, 3.8) is 0 Å². The number of ether oxygens (including phenoxy) is 2. The highest BCUT2D eigenvalue weighted by Gasteiger charge is 2.52. The Morgan fingerprint density at radius 1 is 0.456 bits per heavy atom. The van der Waals surface area contributed by atoms with Crippen LogP contribution < -0.4 is 30.4 Å². The smallest absolute Gasteiger partial charge is 0.416 e. The second kappa shape index (κ2) is 27.0. The minimum atomic E-state index is -4.78. The fraction of sp³-hybridized carbons (Fsp3) is 0.406. The Morgan fingerprint density at radius 2 is 0.756 bits per heavy atom. The SMILES string of the molecule is C=C(c1ccc(C(F)(F)[C@@H](NS(=O)(=O)c2ccc3cc(OC4CCCC4)ccc3c2)C(=O)N2CCC(N)CC2)cc1)C(F)(F)F.C=C(c1ccc(C(F)(F)[C@H](NS(=O)(=O)c2ccc3cc(OC4CCCC4)ccc3c2)C(=O)N2CCC(N)CC2)cc1)C(F)(F)F. The standard InChI is InChI=1S/2C32H34F5N3O4S/c2*1-20(32(35,36)37)21-6-10-24(11-7-21)31(33,34)29(30(41)40-16-14-25(38)15-17-40)39-45(42,43)28-13-9-22-18-27(12-8-23(22)19-28)44-26-4-2-3-5-26/h2*6-13,18-19,25-26,29,39H,1-5,14-17,38H2/t2*29-/m10/s1. The third-order valence-corrected chi connectivity index (χ3v) is 19.6. The molecule has 6 aromatic rings. The number of alkyl halides is 10. The maximum Gasteiger partial charge on any atom is 0.416 e. The number of nitrogens with zero attached hydrogens (tertiary/aromatic N) is 2. The first kappa shape index (κ1) is 67.3. The number of fused-ring (bicyclic) bond motifs is 2. The average molecular weight is 1300 g/mol. The van der Waals surface area contributed by atoms with E-state index in [1.807, 2.05) is 9.44 Å². The number of likely N-dealkylation sites (tertiary alicyclic amines) is 2. The van der Waals surface area contributed by atoms with Crippen molar-refractivity contribution >= 4 is 64.6 Å². The van der Waals surface area contributed by atoms with Crippen molar-refractivity contribution in [1.29, 1.82) is 0 Å². The summed E-state index contributed by atoms with van der Waals surface area (Å²) in [7, 11) is -9.41. The molecule has 6 N–H and O–H groups in total. The lowest BCUT2D eigenvalue weighted by atomic mass is 9.96. The summed E-state index contributed by atoms with van der Waals surface area (Å²) in [5, 5.41) is 2.37. The van der Waals surface area contributed by atoms with E-state index in [4.69, 9.17) is 20.9 Å². The van der Waals surface area contributed by atoms with E-state index in [0.29, 0.717) is 58.7 Å². The van der Waals surface area contributed by atoms with Crippen molar-refractivity contribution in [3.8, 4) is 11.5 Å². The highest BCUT2D eigenvalue weighted by Crippen LogP contribution is 2.41. The molecule has 6 aromatic carbocycles. The first-order valence-electron chi connectivity index (χ1n) is 29.3. The summed E-state index contributed by atoms with van der Waals surface area (Å²) in [6, 6.07) is 19.0. The molecular formula is C64H68F10N6O8S2. The minimum absolute atomic E-state index is 0.0416. The summed E-state index contributed by atoms with van der Waals surface area (Å²) in [5.74, 6) is -9.36. The number of hydrogen-bond acceptors (Lipinski definition) is 10. The van der Waals surface area contributed by atoms with E-state index < -0.39 is 102 Å². The second-order valence-corrected chi connectivity index (χ2v) is 26.6. The lowest BCUT2D eigenvalue weighted by Gasteiger charge is -2.35. The van der Waals surface area contributed by atoms with Gasteiger partial charge in [0.2, 0.25) is 31.9 Å². The molecule has 0 bridgehead atoms. The van der Waals surface area contributed by atoms with Gasteiger partial charge in [-0.25, -0.2) is 16.8 Å². The zero-order valence-corrected chi connectivity index (χ0v) is 50.3. The van der Waals surface area contributed by atoms with Crippen LogP contribution in [0.1, 0.15) is 99.3 Å². The number of nitrogens with two attached hydrogens (primary N) is 2. The molecule has 2 aliphatic carbocycles. The van der Waals surface area contributed by atoms with Gasteiger partial charge in [-0.15, -0.1) is 0 Å². The van der Waals surface area contributed by atoms with E-state index in [1.54, 1.807) is 36.4 Å². The zero-order valence-electron chi connectivity index (χ0n) is 48.7. The molecule has 4 aliphatic rings. The van der Waals surface area contributed by atoms with Crippen LogP contribution >= 0.6 is 0 Å². The molecule has 2 heterocycles. The lowest BCUT2D eigenvalue weighted by Crippen LogP contribution is -2.58. The quantitative estimate of drug-likeness (QED) is 0.0600. The number of allylic oxidation sites excluding steroid dienone is 2. The predicted octanol–water partition coefficient (Wildman–Crippen LogP) is 12.3. The topological polar surface area (TPSA) is 203 Å². The average Bonchev–Trinajstić information content (AvgIpc) is 1.06. The van der Waals surface area contributed by atoms with Gasteiger partial charge < -0.3 is 30.7 Å². The molecule has 10 rings (SSSR count). The van der Waals surface area contributed by atoms with Gasteiger partial charge >= 0.3 is 12.4 Å². The Bertz CT molecular complexity index is 3580. The van der Waals surface area contributed by atoms with Gasteiger partial charge in [-0.2, -0.15) is 53.3 Å². The molecule has 0 spiro atoms.